The van der Waals surface area contributed by atoms with Crippen molar-refractivity contribution in [3.05, 3.63) is 61.6 Å². The molecule has 1 aromatic carbocycles. The number of hydrogen-bond acceptors (Lipinski definition) is 4. The van der Waals surface area contributed by atoms with Crippen LogP contribution in [0.2, 0.25) is 0 Å². The van der Waals surface area contributed by atoms with Crippen LogP contribution in [-0.2, 0) is 24.3 Å². The molecule has 0 N–H and O–H groups in total. The normalized spacial score (nSPS) is 13.8. The van der Waals surface area contributed by atoms with Crippen molar-refractivity contribution < 1.29 is 4.79 Å². The van der Waals surface area contributed by atoms with E-state index in [-0.39, 0.29) is 17.2 Å². The van der Waals surface area contributed by atoms with Gasteiger partial charge in [-0.15, -0.1) is 11.3 Å². The summed E-state index contributed by atoms with van der Waals surface area (Å²) >= 11 is 1.48. The van der Waals surface area contributed by atoms with E-state index in [1.165, 1.54) is 15.9 Å². The molecule has 140 valence electrons. The number of carbonyl (C=O) groups is 1. The van der Waals surface area contributed by atoms with E-state index >= 15 is 0 Å². The Labute approximate surface area is 160 Å². The van der Waals surface area contributed by atoms with Crippen LogP contribution in [-0.4, -0.2) is 26.5 Å². The maximum absolute atomic E-state index is 13.3. The first-order valence-corrected chi connectivity index (χ1v) is 9.95. The maximum atomic E-state index is 13.3. The predicted molar refractivity (Wildman–Crippen MR) is 107 cm³/mol. The molecule has 0 aliphatic carbocycles. The molecule has 27 heavy (non-hydrogen) atoms. The highest BCUT2D eigenvalue weighted by Crippen LogP contribution is 2.33. The van der Waals surface area contributed by atoms with Gasteiger partial charge in [-0.3, -0.25) is 14.2 Å². The number of aryl methyl sites for hydroxylation is 1. The Morgan fingerprint density at radius 3 is 2.59 bits per heavy atom. The minimum absolute atomic E-state index is 0.0331. The second kappa shape index (κ2) is 6.81. The zero-order chi connectivity index (χ0) is 19.1. The Hall–Kier alpha value is -2.67. The Morgan fingerprint density at radius 2 is 1.93 bits per heavy atom. The van der Waals surface area contributed by atoms with Crippen LogP contribution in [0.3, 0.4) is 0 Å². The quantitative estimate of drug-likeness (QED) is 0.698. The topological polar surface area (TPSA) is 64.3 Å². The van der Waals surface area contributed by atoms with Gasteiger partial charge in [0.25, 0.3) is 5.56 Å². The minimum atomic E-state index is -0.303. The number of fused-ring (bicyclic) bond motifs is 3. The fourth-order valence-electron chi connectivity index (χ4n) is 3.70. The lowest BCUT2D eigenvalue weighted by molar-refractivity contribution is -0.129. The molecule has 7 heteroatoms. The van der Waals surface area contributed by atoms with Crippen molar-refractivity contribution in [2.75, 3.05) is 6.54 Å². The van der Waals surface area contributed by atoms with Gasteiger partial charge in [-0.1, -0.05) is 25.1 Å². The molecule has 0 fully saturated rings. The number of aromatic nitrogens is 2. The Bertz CT molecular complexity index is 1140. The van der Waals surface area contributed by atoms with E-state index in [0.717, 1.165) is 21.7 Å². The first-order valence-electron chi connectivity index (χ1n) is 9.14. The molecule has 2 aromatic heterocycles. The number of nitrogens with zero attached hydrogens (tertiary/aromatic N) is 3. The van der Waals surface area contributed by atoms with Crippen LogP contribution < -0.4 is 11.2 Å². The molecule has 6 nitrogen and oxygen atoms in total. The van der Waals surface area contributed by atoms with Crippen LogP contribution in [0.4, 0.5) is 0 Å². The van der Waals surface area contributed by atoms with Crippen molar-refractivity contribution >= 4 is 27.5 Å². The number of para-hydroxylation sites is 1. The van der Waals surface area contributed by atoms with Gasteiger partial charge in [0.1, 0.15) is 4.83 Å². The molecule has 0 radical (unpaired) electrons. The smallest absolute Gasteiger partial charge is 0.336 e. The number of benzene rings is 1. The predicted octanol–water partition coefficient (Wildman–Crippen LogP) is 2.53. The van der Waals surface area contributed by atoms with E-state index < -0.39 is 0 Å². The first kappa shape index (κ1) is 17.7. The van der Waals surface area contributed by atoms with Crippen molar-refractivity contribution in [3.63, 3.8) is 0 Å². The third-order valence-corrected chi connectivity index (χ3v) is 6.27. The SMILES string of the molecule is CCCn1c(=O)n(-c2ccccc2)c(=O)c2c3c(sc21)CN(C(C)=O)CC3. The Balaban J connectivity index is 2.04. The van der Waals surface area contributed by atoms with E-state index in [0.29, 0.717) is 37.1 Å². The van der Waals surface area contributed by atoms with Crippen LogP contribution in [0.25, 0.3) is 15.9 Å². The number of carbonyl (C=O) groups excluding carboxylic acids is 1. The fourth-order valence-corrected chi connectivity index (χ4v) is 5.07. The Kier molecular flexibility index (Phi) is 4.47. The standard InChI is InChI=1S/C20H21N3O3S/c1-3-10-22-19-17(15-9-11-21(13(2)24)12-16(15)27-19)18(25)23(20(22)26)14-7-5-4-6-8-14/h4-8H,3,9-12H2,1-2H3. The van der Waals surface area contributed by atoms with Crippen molar-refractivity contribution in [2.24, 2.45) is 0 Å². The van der Waals surface area contributed by atoms with E-state index in [1.807, 2.05) is 25.1 Å². The molecule has 0 atom stereocenters. The van der Waals surface area contributed by atoms with Crippen LogP contribution in [0, 0.1) is 0 Å². The molecule has 3 heterocycles. The monoisotopic (exact) mass is 383 g/mol. The van der Waals surface area contributed by atoms with Gasteiger partial charge in [-0.2, -0.15) is 0 Å². The third kappa shape index (κ3) is 2.82. The molecule has 0 saturated heterocycles. The summed E-state index contributed by atoms with van der Waals surface area (Å²) in [6.07, 6.45) is 1.44. The molecule has 1 amide bonds. The third-order valence-electron chi connectivity index (χ3n) is 5.03. The summed E-state index contributed by atoms with van der Waals surface area (Å²) in [5, 5.41) is 0.634. The minimum Gasteiger partial charge on any atom is -0.337 e. The largest absolute Gasteiger partial charge is 0.337 e. The summed E-state index contributed by atoms with van der Waals surface area (Å²) in [5.74, 6) is 0.0331. The zero-order valence-electron chi connectivity index (χ0n) is 15.4. The zero-order valence-corrected chi connectivity index (χ0v) is 16.2. The molecule has 1 aliphatic rings. The van der Waals surface area contributed by atoms with Gasteiger partial charge in [0, 0.05) is 24.9 Å². The first-order chi connectivity index (χ1) is 13.0. The van der Waals surface area contributed by atoms with Crippen molar-refractivity contribution in [1.82, 2.24) is 14.0 Å². The summed E-state index contributed by atoms with van der Waals surface area (Å²) in [6.45, 7) is 5.24. The average Bonchev–Trinajstić information content (AvgIpc) is 3.04. The van der Waals surface area contributed by atoms with Crippen molar-refractivity contribution in [3.8, 4) is 5.69 Å². The van der Waals surface area contributed by atoms with Gasteiger partial charge in [-0.25, -0.2) is 9.36 Å². The maximum Gasteiger partial charge on any atom is 0.336 e. The van der Waals surface area contributed by atoms with E-state index in [4.69, 9.17) is 0 Å². The van der Waals surface area contributed by atoms with Crippen molar-refractivity contribution in [2.45, 2.75) is 39.8 Å². The number of thiophene rings is 1. The second-order valence-electron chi connectivity index (χ2n) is 6.78. The molecular formula is C20H21N3O3S. The van der Waals surface area contributed by atoms with E-state index in [1.54, 1.807) is 28.5 Å². The molecule has 0 spiro atoms. The van der Waals surface area contributed by atoms with Crippen LogP contribution >= 0.6 is 11.3 Å². The molecule has 0 saturated carbocycles. The summed E-state index contributed by atoms with van der Waals surface area (Å²) in [6, 6.07) is 9.07. The molecule has 1 aliphatic heterocycles. The van der Waals surface area contributed by atoms with Crippen molar-refractivity contribution in [1.29, 1.82) is 0 Å². The van der Waals surface area contributed by atoms with E-state index in [2.05, 4.69) is 0 Å². The van der Waals surface area contributed by atoms with Gasteiger partial charge < -0.3 is 4.90 Å². The van der Waals surface area contributed by atoms with Gasteiger partial charge >= 0.3 is 5.69 Å². The molecule has 4 rings (SSSR count). The number of amides is 1. The second-order valence-corrected chi connectivity index (χ2v) is 7.87. The molecule has 0 unspecified atom stereocenters. The molecule has 0 bridgehead atoms. The average molecular weight is 383 g/mol. The fraction of sp³-hybridized carbons (Fsp3) is 0.350. The van der Waals surface area contributed by atoms with Gasteiger partial charge in [-0.05, 0) is 30.5 Å². The highest BCUT2D eigenvalue weighted by molar-refractivity contribution is 7.18. The molecular weight excluding hydrogens is 362 g/mol. The highest BCUT2D eigenvalue weighted by atomic mass is 32.1. The van der Waals surface area contributed by atoms with Crippen LogP contribution in [0.5, 0.6) is 0 Å². The lowest BCUT2D eigenvalue weighted by Gasteiger charge is -2.25. The highest BCUT2D eigenvalue weighted by Gasteiger charge is 2.27. The lowest BCUT2D eigenvalue weighted by atomic mass is 10.1. The molecule has 3 aromatic rings. The van der Waals surface area contributed by atoms with Crippen LogP contribution in [0.1, 0.15) is 30.7 Å². The van der Waals surface area contributed by atoms with Gasteiger partial charge in [0.2, 0.25) is 5.91 Å². The summed E-state index contributed by atoms with van der Waals surface area (Å²) in [4.78, 5) is 41.8. The number of rotatable bonds is 3. The lowest BCUT2D eigenvalue weighted by Crippen LogP contribution is -2.39. The summed E-state index contributed by atoms with van der Waals surface area (Å²) < 4.78 is 2.99. The van der Waals surface area contributed by atoms with Gasteiger partial charge in [0.05, 0.1) is 17.6 Å². The summed E-state index contributed by atoms with van der Waals surface area (Å²) in [5.41, 5.74) is 1.01. The summed E-state index contributed by atoms with van der Waals surface area (Å²) in [7, 11) is 0. The van der Waals surface area contributed by atoms with E-state index in [9.17, 15) is 14.4 Å². The van der Waals surface area contributed by atoms with Crippen LogP contribution in [0.15, 0.2) is 39.9 Å². The van der Waals surface area contributed by atoms with Gasteiger partial charge in [0.15, 0.2) is 0 Å². The Morgan fingerprint density at radius 1 is 1.19 bits per heavy atom. The number of hydrogen-bond donors (Lipinski definition) is 0.